The largest absolute Gasteiger partial charge is 0.494 e. The molecule has 2 rings (SSSR count). The summed E-state index contributed by atoms with van der Waals surface area (Å²) >= 11 is 3.43. The normalized spacial score (nSPS) is 16.2. The molecule has 1 aromatic carbocycles. The first-order chi connectivity index (χ1) is 9.84. The smallest absolute Gasteiger partial charge is 0.119 e. The van der Waals surface area contributed by atoms with Gasteiger partial charge in [0.25, 0.3) is 0 Å². The Balaban J connectivity index is 1.44. The monoisotopic (exact) mass is 340 g/mol. The summed E-state index contributed by atoms with van der Waals surface area (Å²) in [5.74, 6) is 0.978. The predicted octanol–water partition coefficient (Wildman–Crippen LogP) is 3.46. The van der Waals surface area contributed by atoms with Crippen LogP contribution in [0.4, 0.5) is 0 Å². The van der Waals surface area contributed by atoms with E-state index in [-0.39, 0.29) is 0 Å². The molecule has 1 aliphatic rings. The number of nitrogens with one attached hydrogen (secondary N) is 1. The number of quaternary nitrogens is 1. The molecule has 0 unspecified atom stereocenters. The second-order valence-corrected chi connectivity index (χ2v) is 6.69. The molecule has 0 aromatic heterocycles. The summed E-state index contributed by atoms with van der Waals surface area (Å²) in [6.07, 6.45) is 9.54. The van der Waals surface area contributed by atoms with Gasteiger partial charge in [0.05, 0.1) is 26.2 Å². The highest BCUT2D eigenvalue weighted by atomic mass is 79.9. The second kappa shape index (κ2) is 9.41. The molecule has 0 saturated carbocycles. The number of rotatable bonds is 8. The molecular weight excluding hydrogens is 314 g/mol. The van der Waals surface area contributed by atoms with E-state index in [0.29, 0.717) is 0 Å². The fourth-order valence-electron chi connectivity index (χ4n) is 2.85. The molecule has 1 fully saturated rings. The SMILES string of the molecule is Brc1ccc(OCCCCCC[NH+]2CCCCC2)cc1. The Morgan fingerprint density at radius 2 is 1.60 bits per heavy atom. The molecule has 0 radical (unpaired) electrons. The van der Waals surface area contributed by atoms with E-state index in [4.69, 9.17) is 4.74 Å². The number of piperidine rings is 1. The van der Waals surface area contributed by atoms with E-state index in [0.717, 1.165) is 16.8 Å². The lowest BCUT2D eigenvalue weighted by Crippen LogP contribution is -3.12. The van der Waals surface area contributed by atoms with Crippen LogP contribution in [-0.2, 0) is 0 Å². The van der Waals surface area contributed by atoms with Crippen molar-refractivity contribution in [2.24, 2.45) is 0 Å². The van der Waals surface area contributed by atoms with Crippen LogP contribution in [0.5, 0.6) is 5.75 Å². The quantitative estimate of drug-likeness (QED) is 0.715. The zero-order chi connectivity index (χ0) is 14.0. The lowest BCUT2D eigenvalue weighted by Gasteiger charge is -2.23. The van der Waals surface area contributed by atoms with Crippen molar-refractivity contribution in [3.8, 4) is 5.75 Å². The van der Waals surface area contributed by atoms with Crippen molar-refractivity contribution in [1.29, 1.82) is 0 Å². The maximum atomic E-state index is 5.73. The van der Waals surface area contributed by atoms with Gasteiger partial charge in [-0.1, -0.05) is 15.9 Å². The first kappa shape index (κ1) is 15.8. The van der Waals surface area contributed by atoms with Crippen LogP contribution in [0.25, 0.3) is 0 Å². The molecule has 0 atom stereocenters. The Kier molecular flexibility index (Phi) is 7.45. The van der Waals surface area contributed by atoms with E-state index in [9.17, 15) is 0 Å². The van der Waals surface area contributed by atoms with E-state index in [1.807, 2.05) is 29.2 Å². The third-order valence-electron chi connectivity index (χ3n) is 4.07. The van der Waals surface area contributed by atoms with E-state index in [2.05, 4.69) is 15.9 Å². The minimum Gasteiger partial charge on any atom is -0.494 e. The summed E-state index contributed by atoms with van der Waals surface area (Å²) in [6.45, 7) is 5.05. The molecule has 1 saturated heterocycles. The predicted molar refractivity (Wildman–Crippen MR) is 87.5 cm³/mol. The molecule has 2 nitrogen and oxygen atoms in total. The Hall–Kier alpha value is -0.540. The van der Waals surface area contributed by atoms with Gasteiger partial charge in [0.15, 0.2) is 0 Å². The average Bonchev–Trinajstić information content (AvgIpc) is 2.49. The maximum Gasteiger partial charge on any atom is 0.119 e. The van der Waals surface area contributed by atoms with Crippen LogP contribution in [0.3, 0.4) is 0 Å². The number of likely N-dealkylation sites (tertiary alicyclic amines) is 1. The van der Waals surface area contributed by atoms with Crippen LogP contribution in [-0.4, -0.2) is 26.2 Å². The van der Waals surface area contributed by atoms with E-state index < -0.39 is 0 Å². The number of unbranched alkanes of at least 4 members (excludes halogenated alkanes) is 3. The van der Waals surface area contributed by atoms with Crippen LogP contribution in [0.15, 0.2) is 28.7 Å². The van der Waals surface area contributed by atoms with Crippen LogP contribution in [0, 0.1) is 0 Å². The van der Waals surface area contributed by atoms with Gasteiger partial charge in [-0.3, -0.25) is 0 Å². The van der Waals surface area contributed by atoms with Gasteiger partial charge in [-0.25, -0.2) is 0 Å². The van der Waals surface area contributed by atoms with Gasteiger partial charge in [0.1, 0.15) is 5.75 Å². The molecule has 0 aliphatic carbocycles. The maximum absolute atomic E-state index is 5.73. The fourth-order valence-corrected chi connectivity index (χ4v) is 3.12. The van der Waals surface area contributed by atoms with E-state index in [1.165, 1.54) is 64.6 Å². The number of ether oxygens (including phenoxy) is 1. The molecule has 1 N–H and O–H groups in total. The van der Waals surface area contributed by atoms with E-state index >= 15 is 0 Å². The molecule has 0 bridgehead atoms. The van der Waals surface area contributed by atoms with Crippen molar-refractivity contribution >= 4 is 15.9 Å². The number of hydrogen-bond acceptors (Lipinski definition) is 1. The van der Waals surface area contributed by atoms with Crippen LogP contribution >= 0.6 is 15.9 Å². The fraction of sp³-hybridized carbons (Fsp3) is 0.647. The van der Waals surface area contributed by atoms with Gasteiger partial charge in [-0.15, -0.1) is 0 Å². The average molecular weight is 341 g/mol. The lowest BCUT2D eigenvalue weighted by molar-refractivity contribution is -0.905. The highest BCUT2D eigenvalue weighted by Gasteiger charge is 2.11. The molecule has 1 aromatic rings. The minimum absolute atomic E-state index is 0.845. The molecule has 0 spiro atoms. The van der Waals surface area contributed by atoms with Gasteiger partial charge in [0, 0.05) is 4.47 Å². The zero-order valence-corrected chi connectivity index (χ0v) is 14.0. The van der Waals surface area contributed by atoms with Crippen LogP contribution in [0.2, 0.25) is 0 Å². The van der Waals surface area contributed by atoms with Gasteiger partial charge in [0.2, 0.25) is 0 Å². The van der Waals surface area contributed by atoms with Crippen molar-refractivity contribution in [3.63, 3.8) is 0 Å². The Bertz CT molecular complexity index is 360. The van der Waals surface area contributed by atoms with Gasteiger partial charge in [-0.05, 0) is 69.2 Å². The number of halogens is 1. The summed E-state index contributed by atoms with van der Waals surface area (Å²) in [4.78, 5) is 1.84. The first-order valence-electron chi connectivity index (χ1n) is 8.06. The van der Waals surface area contributed by atoms with Crippen molar-refractivity contribution in [2.75, 3.05) is 26.2 Å². The standard InChI is InChI=1S/C17H26BrNO/c18-16-8-10-17(11-9-16)20-15-7-2-1-4-12-19-13-5-3-6-14-19/h8-11H,1-7,12-15H2/p+1. The summed E-state index contributed by atoms with van der Waals surface area (Å²) in [5, 5.41) is 0. The van der Waals surface area contributed by atoms with Crippen molar-refractivity contribution in [1.82, 2.24) is 0 Å². The van der Waals surface area contributed by atoms with Crippen LogP contribution < -0.4 is 9.64 Å². The number of benzene rings is 1. The molecule has 1 aliphatic heterocycles. The molecule has 20 heavy (non-hydrogen) atoms. The Morgan fingerprint density at radius 3 is 2.35 bits per heavy atom. The highest BCUT2D eigenvalue weighted by molar-refractivity contribution is 9.10. The first-order valence-corrected chi connectivity index (χ1v) is 8.86. The van der Waals surface area contributed by atoms with Gasteiger partial charge >= 0.3 is 0 Å². The molecular formula is C17H27BrNO+. The molecule has 3 heteroatoms. The topological polar surface area (TPSA) is 13.7 Å². The van der Waals surface area contributed by atoms with Gasteiger partial charge < -0.3 is 9.64 Å². The lowest BCUT2D eigenvalue weighted by atomic mass is 10.1. The van der Waals surface area contributed by atoms with Crippen molar-refractivity contribution < 1.29 is 9.64 Å². The third kappa shape index (κ3) is 6.27. The summed E-state index contributed by atoms with van der Waals surface area (Å²) in [7, 11) is 0. The highest BCUT2D eigenvalue weighted by Crippen LogP contribution is 2.16. The van der Waals surface area contributed by atoms with Crippen molar-refractivity contribution in [2.45, 2.75) is 44.9 Å². The van der Waals surface area contributed by atoms with E-state index in [1.54, 1.807) is 0 Å². The Labute approximate surface area is 131 Å². The Morgan fingerprint density at radius 1 is 0.900 bits per heavy atom. The molecule has 112 valence electrons. The van der Waals surface area contributed by atoms with Crippen molar-refractivity contribution in [3.05, 3.63) is 28.7 Å². The summed E-state index contributed by atoms with van der Waals surface area (Å²) in [5.41, 5.74) is 0. The summed E-state index contributed by atoms with van der Waals surface area (Å²) < 4.78 is 6.83. The number of hydrogen-bond donors (Lipinski definition) is 1. The van der Waals surface area contributed by atoms with Crippen LogP contribution in [0.1, 0.15) is 44.9 Å². The van der Waals surface area contributed by atoms with Gasteiger partial charge in [-0.2, -0.15) is 0 Å². The zero-order valence-electron chi connectivity index (χ0n) is 12.4. The molecule has 1 heterocycles. The third-order valence-corrected chi connectivity index (χ3v) is 4.60. The summed E-state index contributed by atoms with van der Waals surface area (Å²) in [6, 6.07) is 8.08. The molecule has 0 amide bonds. The minimum atomic E-state index is 0.845. The second-order valence-electron chi connectivity index (χ2n) is 5.78.